The van der Waals surface area contributed by atoms with E-state index in [-0.39, 0.29) is 29.5 Å². The highest BCUT2D eigenvalue weighted by Gasteiger charge is 2.45. The normalized spacial score (nSPS) is 19.5. The Kier molecular flexibility index (Phi) is 7.00. The fraction of sp³-hybridized carbons (Fsp3) is 0.571. The summed E-state index contributed by atoms with van der Waals surface area (Å²) in [5.41, 5.74) is -1.000. The lowest BCUT2D eigenvalue weighted by molar-refractivity contribution is -0.151. The van der Waals surface area contributed by atoms with Crippen molar-refractivity contribution < 1.29 is 32.3 Å². The van der Waals surface area contributed by atoms with Crippen LogP contribution in [0, 0.1) is 5.92 Å². The average Bonchev–Trinajstić information content (AvgIpc) is 3.27. The zero-order chi connectivity index (χ0) is 22.6. The molecule has 0 bridgehead atoms. The maximum absolute atomic E-state index is 13.1. The minimum absolute atomic E-state index is 0.0221. The summed E-state index contributed by atoms with van der Waals surface area (Å²) in [7, 11) is -1.42. The standard InChI is InChI=1S/C21H28N2O7S/c1-29-19(25)16-7-3-4-8-17(16)31(27,28)23-13-9-15(10-14-23)18(24)22-21(20(26)30-2)11-5-6-12-21/h3-4,7-8,15H,5-6,9-14H2,1-2H3,(H,22,24). The number of nitrogens with one attached hydrogen (secondary N) is 1. The van der Waals surface area contributed by atoms with Crippen LogP contribution in [0.4, 0.5) is 0 Å². The number of carbonyl (C=O) groups is 3. The van der Waals surface area contributed by atoms with Crippen LogP contribution in [-0.2, 0) is 29.1 Å². The lowest BCUT2D eigenvalue weighted by Gasteiger charge is -2.33. The third-order valence-corrected chi connectivity index (χ3v) is 8.09. The fourth-order valence-electron chi connectivity index (χ4n) is 4.36. The molecule has 0 unspecified atom stereocenters. The Bertz CT molecular complexity index is 946. The lowest BCUT2D eigenvalue weighted by Crippen LogP contribution is -2.55. The van der Waals surface area contributed by atoms with Gasteiger partial charge in [0.2, 0.25) is 15.9 Å². The molecule has 1 aromatic carbocycles. The zero-order valence-corrected chi connectivity index (χ0v) is 18.6. The SMILES string of the molecule is COC(=O)c1ccccc1S(=O)(=O)N1CCC(C(=O)NC2(C(=O)OC)CCCC2)CC1. The number of hydrogen-bond acceptors (Lipinski definition) is 7. The number of sulfonamides is 1. The summed E-state index contributed by atoms with van der Waals surface area (Å²) in [4.78, 5) is 37.0. The highest BCUT2D eigenvalue weighted by atomic mass is 32.2. The first-order valence-electron chi connectivity index (χ1n) is 10.3. The Hall–Kier alpha value is -2.46. The van der Waals surface area contributed by atoms with Crippen molar-refractivity contribution in [2.24, 2.45) is 5.92 Å². The van der Waals surface area contributed by atoms with Gasteiger partial charge in [-0.05, 0) is 37.8 Å². The molecule has 1 N–H and O–H groups in total. The van der Waals surface area contributed by atoms with Crippen LogP contribution in [0.1, 0.15) is 48.9 Å². The molecule has 170 valence electrons. The minimum atomic E-state index is -3.92. The van der Waals surface area contributed by atoms with Gasteiger partial charge in [0.15, 0.2) is 0 Å². The van der Waals surface area contributed by atoms with Crippen molar-refractivity contribution in [1.29, 1.82) is 0 Å². The summed E-state index contributed by atoms with van der Waals surface area (Å²) in [6.45, 7) is 0.280. The molecule has 2 aliphatic rings. The third kappa shape index (κ3) is 4.59. The lowest BCUT2D eigenvalue weighted by atomic mass is 9.92. The Morgan fingerprint density at radius 3 is 2.23 bits per heavy atom. The number of rotatable bonds is 6. The maximum Gasteiger partial charge on any atom is 0.339 e. The molecule has 1 aliphatic carbocycles. The third-order valence-electron chi connectivity index (χ3n) is 6.13. The summed E-state index contributed by atoms with van der Waals surface area (Å²) in [6.07, 6.45) is 3.41. The van der Waals surface area contributed by atoms with Crippen molar-refractivity contribution in [3.8, 4) is 0 Å². The average molecular weight is 453 g/mol. The van der Waals surface area contributed by atoms with Crippen molar-refractivity contribution in [2.75, 3.05) is 27.3 Å². The molecule has 0 atom stereocenters. The van der Waals surface area contributed by atoms with Crippen LogP contribution in [0.2, 0.25) is 0 Å². The summed E-state index contributed by atoms with van der Waals surface area (Å²) >= 11 is 0. The molecule has 0 radical (unpaired) electrons. The fourth-order valence-corrected chi connectivity index (χ4v) is 6.01. The van der Waals surface area contributed by atoms with Crippen molar-refractivity contribution in [2.45, 2.75) is 49.0 Å². The first-order chi connectivity index (χ1) is 14.7. The second-order valence-electron chi connectivity index (χ2n) is 7.94. The molecule has 10 heteroatoms. The van der Waals surface area contributed by atoms with Crippen LogP contribution in [0.25, 0.3) is 0 Å². The van der Waals surface area contributed by atoms with Gasteiger partial charge in [-0.15, -0.1) is 0 Å². The van der Waals surface area contributed by atoms with E-state index in [9.17, 15) is 22.8 Å². The number of piperidine rings is 1. The quantitative estimate of drug-likeness (QED) is 0.649. The predicted molar refractivity (Wildman–Crippen MR) is 111 cm³/mol. The first kappa shape index (κ1) is 23.2. The smallest absolute Gasteiger partial charge is 0.339 e. The van der Waals surface area contributed by atoms with Gasteiger partial charge < -0.3 is 14.8 Å². The van der Waals surface area contributed by atoms with E-state index in [1.165, 1.54) is 30.7 Å². The van der Waals surface area contributed by atoms with Gasteiger partial charge in [-0.3, -0.25) is 4.79 Å². The monoisotopic (exact) mass is 452 g/mol. The minimum Gasteiger partial charge on any atom is -0.467 e. The van der Waals surface area contributed by atoms with Gasteiger partial charge in [0.05, 0.1) is 24.7 Å². The molecule has 9 nitrogen and oxygen atoms in total. The second kappa shape index (κ2) is 9.35. The molecule has 1 amide bonds. The highest BCUT2D eigenvalue weighted by molar-refractivity contribution is 7.89. The number of benzene rings is 1. The number of esters is 2. The van der Waals surface area contributed by atoms with E-state index in [0.29, 0.717) is 25.7 Å². The van der Waals surface area contributed by atoms with Gasteiger partial charge in [-0.25, -0.2) is 18.0 Å². The number of methoxy groups -OCH3 is 2. The van der Waals surface area contributed by atoms with Crippen molar-refractivity contribution >= 4 is 27.9 Å². The summed E-state index contributed by atoms with van der Waals surface area (Å²) in [5.74, 6) is -1.81. The Morgan fingerprint density at radius 1 is 1.03 bits per heavy atom. The number of nitrogens with zero attached hydrogens (tertiary/aromatic N) is 1. The summed E-state index contributed by atoms with van der Waals surface area (Å²) in [5, 5.41) is 2.89. The van der Waals surface area contributed by atoms with Crippen LogP contribution in [-0.4, -0.2) is 63.4 Å². The molecule has 0 spiro atoms. The maximum atomic E-state index is 13.1. The second-order valence-corrected chi connectivity index (χ2v) is 9.84. The Labute approximate surface area is 182 Å². The predicted octanol–water partition coefficient (Wildman–Crippen LogP) is 1.48. The molecule has 1 saturated heterocycles. The van der Waals surface area contributed by atoms with E-state index in [0.717, 1.165) is 12.8 Å². The van der Waals surface area contributed by atoms with E-state index in [1.54, 1.807) is 12.1 Å². The molecule has 1 saturated carbocycles. The summed E-state index contributed by atoms with van der Waals surface area (Å²) < 4.78 is 37.1. The van der Waals surface area contributed by atoms with E-state index >= 15 is 0 Å². The van der Waals surface area contributed by atoms with Crippen LogP contribution in [0.3, 0.4) is 0 Å². The summed E-state index contributed by atoms with van der Waals surface area (Å²) in [6, 6.07) is 5.91. The highest BCUT2D eigenvalue weighted by Crippen LogP contribution is 2.32. The van der Waals surface area contributed by atoms with E-state index in [2.05, 4.69) is 5.32 Å². The van der Waals surface area contributed by atoms with Crippen LogP contribution in [0.15, 0.2) is 29.2 Å². The number of hydrogen-bond donors (Lipinski definition) is 1. The van der Waals surface area contributed by atoms with Crippen molar-refractivity contribution in [3.05, 3.63) is 29.8 Å². The van der Waals surface area contributed by atoms with Crippen molar-refractivity contribution in [1.82, 2.24) is 9.62 Å². The van der Waals surface area contributed by atoms with Crippen LogP contribution < -0.4 is 5.32 Å². The largest absolute Gasteiger partial charge is 0.467 e. The Balaban J connectivity index is 1.69. The first-order valence-corrected chi connectivity index (χ1v) is 11.8. The van der Waals surface area contributed by atoms with Gasteiger partial charge in [0, 0.05) is 19.0 Å². The van der Waals surface area contributed by atoms with Gasteiger partial charge >= 0.3 is 11.9 Å². The van der Waals surface area contributed by atoms with Gasteiger partial charge in [-0.1, -0.05) is 25.0 Å². The molecule has 2 fully saturated rings. The van der Waals surface area contributed by atoms with Crippen LogP contribution in [0.5, 0.6) is 0 Å². The van der Waals surface area contributed by atoms with Gasteiger partial charge in [0.1, 0.15) is 5.54 Å². The van der Waals surface area contributed by atoms with E-state index in [1.807, 2.05) is 0 Å². The van der Waals surface area contributed by atoms with E-state index < -0.39 is 33.4 Å². The van der Waals surface area contributed by atoms with Gasteiger partial charge in [-0.2, -0.15) is 4.31 Å². The van der Waals surface area contributed by atoms with E-state index in [4.69, 9.17) is 9.47 Å². The Morgan fingerprint density at radius 2 is 1.65 bits per heavy atom. The van der Waals surface area contributed by atoms with Gasteiger partial charge in [0.25, 0.3) is 0 Å². The van der Waals surface area contributed by atoms with Crippen LogP contribution >= 0.6 is 0 Å². The topological polar surface area (TPSA) is 119 Å². The molecule has 3 rings (SSSR count). The molecule has 31 heavy (non-hydrogen) atoms. The zero-order valence-electron chi connectivity index (χ0n) is 17.8. The number of ether oxygens (including phenoxy) is 2. The molecular formula is C21H28N2O7S. The molecular weight excluding hydrogens is 424 g/mol. The molecule has 1 heterocycles. The molecule has 1 aliphatic heterocycles. The molecule has 0 aromatic heterocycles. The number of amides is 1. The van der Waals surface area contributed by atoms with Crippen molar-refractivity contribution in [3.63, 3.8) is 0 Å². The number of carbonyl (C=O) groups excluding carboxylic acids is 3. The molecule has 1 aromatic rings.